The molecule has 0 radical (unpaired) electrons. The minimum Gasteiger partial charge on any atom is -0.336 e. The van der Waals surface area contributed by atoms with Crippen LogP contribution in [0.25, 0.3) is 0 Å². The Bertz CT molecular complexity index is 780. The number of nitrogens with zero attached hydrogens (tertiary/aromatic N) is 4. The van der Waals surface area contributed by atoms with E-state index in [9.17, 15) is 4.79 Å². The fourth-order valence-electron chi connectivity index (χ4n) is 4.17. The van der Waals surface area contributed by atoms with Crippen LogP contribution in [0.1, 0.15) is 40.0 Å². The Labute approximate surface area is 169 Å². The molecule has 1 atom stereocenters. The van der Waals surface area contributed by atoms with Gasteiger partial charge < -0.3 is 4.90 Å². The van der Waals surface area contributed by atoms with Crippen molar-refractivity contribution >= 4 is 29.0 Å². The molecule has 1 unspecified atom stereocenters. The van der Waals surface area contributed by atoms with Gasteiger partial charge in [0.2, 0.25) is 0 Å². The molecule has 1 fully saturated rings. The highest BCUT2D eigenvalue weighted by Crippen LogP contribution is 2.29. The van der Waals surface area contributed by atoms with Crippen molar-refractivity contribution in [2.24, 2.45) is 0 Å². The molecule has 7 heteroatoms. The second-order valence-electron chi connectivity index (χ2n) is 7.39. The third kappa shape index (κ3) is 3.96. The second-order valence-corrected chi connectivity index (χ2v) is 9.64. The minimum absolute atomic E-state index is 0.139. The molecule has 146 valence electrons. The summed E-state index contributed by atoms with van der Waals surface area (Å²) >= 11 is 3.75. The molecule has 1 amide bonds. The van der Waals surface area contributed by atoms with Crippen molar-refractivity contribution in [2.45, 2.75) is 45.3 Å². The Morgan fingerprint density at radius 2 is 2.19 bits per heavy atom. The van der Waals surface area contributed by atoms with Crippen molar-refractivity contribution in [3.8, 4) is 0 Å². The molecule has 0 aromatic carbocycles. The number of hydrogen-bond acceptors (Lipinski definition) is 5. The summed E-state index contributed by atoms with van der Waals surface area (Å²) in [4.78, 5) is 19.0. The van der Waals surface area contributed by atoms with Crippen LogP contribution in [0, 0.1) is 0 Å². The first-order valence-corrected chi connectivity index (χ1v) is 11.9. The van der Waals surface area contributed by atoms with Crippen LogP contribution in [0.5, 0.6) is 0 Å². The molecule has 0 bridgehead atoms. The van der Waals surface area contributed by atoms with Crippen LogP contribution < -0.4 is 0 Å². The predicted octanol–water partition coefficient (Wildman–Crippen LogP) is 3.14. The summed E-state index contributed by atoms with van der Waals surface area (Å²) in [5, 5.41) is 6.90. The minimum atomic E-state index is 0.139. The number of hydrogen-bond donors (Lipinski definition) is 0. The maximum atomic E-state index is 13.2. The van der Waals surface area contributed by atoms with Gasteiger partial charge in [-0.25, -0.2) is 0 Å². The molecule has 1 saturated heterocycles. The normalized spacial score (nSPS) is 20.1. The molecule has 5 nitrogen and oxygen atoms in total. The summed E-state index contributed by atoms with van der Waals surface area (Å²) < 4.78 is 2.07. The highest BCUT2D eigenvalue weighted by Gasteiger charge is 2.32. The van der Waals surface area contributed by atoms with Crippen molar-refractivity contribution in [1.82, 2.24) is 19.6 Å². The van der Waals surface area contributed by atoms with E-state index in [2.05, 4.69) is 41.1 Å². The molecule has 2 aromatic heterocycles. The summed E-state index contributed by atoms with van der Waals surface area (Å²) in [6.07, 6.45) is 3.08. The standard InChI is InChI=1S/C20H28N4OS2/c1-3-24-18-7-6-15(22(2)14-16-5-4-10-27-16)13-17(18)19(21-24)20(25)23-8-11-26-12-9-23/h4-5,10,15H,3,6-9,11-14H2,1-2H3. The Balaban J connectivity index is 1.55. The smallest absolute Gasteiger partial charge is 0.274 e. The molecule has 1 aliphatic carbocycles. The van der Waals surface area contributed by atoms with Crippen molar-refractivity contribution in [1.29, 1.82) is 0 Å². The summed E-state index contributed by atoms with van der Waals surface area (Å²) in [6, 6.07) is 4.79. The molecular weight excluding hydrogens is 376 g/mol. The van der Waals surface area contributed by atoms with Gasteiger partial charge in [0.25, 0.3) is 5.91 Å². The van der Waals surface area contributed by atoms with Crippen LogP contribution in [-0.4, -0.2) is 63.2 Å². The van der Waals surface area contributed by atoms with Gasteiger partial charge in [-0.05, 0) is 44.7 Å². The molecule has 2 aromatic rings. The number of carbonyl (C=O) groups excluding carboxylic acids is 1. The number of aromatic nitrogens is 2. The third-order valence-corrected chi connectivity index (χ3v) is 7.53. The van der Waals surface area contributed by atoms with Crippen molar-refractivity contribution < 1.29 is 4.79 Å². The fraction of sp³-hybridized carbons (Fsp3) is 0.600. The van der Waals surface area contributed by atoms with Crippen LogP contribution in [-0.2, 0) is 25.9 Å². The van der Waals surface area contributed by atoms with Crippen LogP contribution >= 0.6 is 23.1 Å². The quantitative estimate of drug-likeness (QED) is 0.768. The second kappa shape index (κ2) is 8.37. The van der Waals surface area contributed by atoms with E-state index in [4.69, 9.17) is 5.10 Å². The van der Waals surface area contributed by atoms with E-state index in [0.29, 0.717) is 11.7 Å². The Kier molecular flexibility index (Phi) is 5.90. The maximum Gasteiger partial charge on any atom is 0.274 e. The number of thiophene rings is 1. The lowest BCUT2D eigenvalue weighted by molar-refractivity contribution is 0.0763. The van der Waals surface area contributed by atoms with E-state index in [1.54, 1.807) is 0 Å². The SMILES string of the molecule is CCn1nc(C(=O)N2CCSCC2)c2c1CCC(N(C)Cc1cccs1)C2. The zero-order valence-electron chi connectivity index (χ0n) is 16.2. The number of carbonyl (C=O) groups is 1. The molecule has 0 spiro atoms. The first-order valence-electron chi connectivity index (χ1n) is 9.85. The van der Waals surface area contributed by atoms with Gasteiger partial charge in [-0.3, -0.25) is 14.4 Å². The van der Waals surface area contributed by atoms with Gasteiger partial charge in [0.15, 0.2) is 5.69 Å². The number of likely N-dealkylation sites (N-methyl/N-ethyl adjacent to an activating group) is 1. The zero-order chi connectivity index (χ0) is 18.8. The molecule has 2 aliphatic rings. The Hall–Kier alpha value is -1.31. The van der Waals surface area contributed by atoms with E-state index in [1.165, 1.54) is 16.1 Å². The van der Waals surface area contributed by atoms with Gasteiger partial charge >= 0.3 is 0 Å². The molecule has 4 rings (SSSR count). The van der Waals surface area contributed by atoms with Crippen LogP contribution in [0.15, 0.2) is 17.5 Å². The number of amides is 1. The molecule has 1 aliphatic heterocycles. The summed E-state index contributed by atoms with van der Waals surface area (Å²) in [7, 11) is 2.21. The number of aryl methyl sites for hydroxylation is 1. The molecule has 27 heavy (non-hydrogen) atoms. The van der Waals surface area contributed by atoms with E-state index in [-0.39, 0.29) is 5.91 Å². The molecule has 0 N–H and O–H groups in total. The predicted molar refractivity (Wildman–Crippen MR) is 113 cm³/mol. The Morgan fingerprint density at radius 1 is 1.37 bits per heavy atom. The average Bonchev–Trinajstić information content (AvgIpc) is 3.35. The van der Waals surface area contributed by atoms with Gasteiger partial charge in [0.05, 0.1) is 0 Å². The van der Waals surface area contributed by atoms with Gasteiger partial charge in [-0.15, -0.1) is 11.3 Å². The van der Waals surface area contributed by atoms with E-state index in [0.717, 1.165) is 56.9 Å². The molecular formula is C20H28N4OS2. The van der Waals surface area contributed by atoms with Gasteiger partial charge in [-0.2, -0.15) is 16.9 Å². The van der Waals surface area contributed by atoms with E-state index < -0.39 is 0 Å². The van der Waals surface area contributed by atoms with Crippen molar-refractivity contribution in [2.75, 3.05) is 31.6 Å². The number of fused-ring (bicyclic) bond motifs is 1. The lowest BCUT2D eigenvalue weighted by Gasteiger charge is -2.32. The number of thioether (sulfide) groups is 1. The summed E-state index contributed by atoms with van der Waals surface area (Å²) in [5.41, 5.74) is 3.20. The Morgan fingerprint density at radius 3 is 2.89 bits per heavy atom. The monoisotopic (exact) mass is 404 g/mol. The fourth-order valence-corrected chi connectivity index (χ4v) is 5.84. The third-order valence-electron chi connectivity index (χ3n) is 5.73. The number of rotatable bonds is 5. The lowest BCUT2D eigenvalue weighted by atomic mass is 9.90. The molecule has 3 heterocycles. The summed E-state index contributed by atoms with van der Waals surface area (Å²) in [5.74, 6) is 2.21. The van der Waals surface area contributed by atoms with Crippen molar-refractivity contribution in [3.63, 3.8) is 0 Å². The zero-order valence-corrected chi connectivity index (χ0v) is 17.8. The largest absolute Gasteiger partial charge is 0.336 e. The van der Waals surface area contributed by atoms with E-state index >= 15 is 0 Å². The topological polar surface area (TPSA) is 41.4 Å². The van der Waals surface area contributed by atoms with Gasteiger partial charge in [0, 0.05) is 59.9 Å². The van der Waals surface area contributed by atoms with E-state index in [1.807, 2.05) is 28.0 Å². The van der Waals surface area contributed by atoms with Crippen LogP contribution in [0.3, 0.4) is 0 Å². The van der Waals surface area contributed by atoms with Gasteiger partial charge in [0.1, 0.15) is 0 Å². The first-order chi connectivity index (χ1) is 13.2. The lowest BCUT2D eigenvalue weighted by Crippen LogP contribution is -2.40. The molecule has 0 saturated carbocycles. The van der Waals surface area contributed by atoms with Crippen LogP contribution in [0.4, 0.5) is 0 Å². The highest BCUT2D eigenvalue weighted by molar-refractivity contribution is 7.99. The highest BCUT2D eigenvalue weighted by atomic mass is 32.2. The maximum absolute atomic E-state index is 13.2. The van der Waals surface area contributed by atoms with Crippen LogP contribution in [0.2, 0.25) is 0 Å². The van der Waals surface area contributed by atoms with Gasteiger partial charge in [-0.1, -0.05) is 6.07 Å². The summed E-state index contributed by atoms with van der Waals surface area (Å²) in [6.45, 7) is 5.62. The van der Waals surface area contributed by atoms with Crippen molar-refractivity contribution in [3.05, 3.63) is 39.3 Å². The first kappa shape index (κ1) is 19.0. The average molecular weight is 405 g/mol.